The third kappa shape index (κ3) is 2.85. The maximum Gasteiger partial charge on any atom is 0.306 e. The molecule has 0 amide bonds. The van der Waals surface area contributed by atoms with E-state index in [4.69, 9.17) is 5.11 Å². The molecule has 0 radical (unpaired) electrons. The first kappa shape index (κ1) is 7.20. The minimum Gasteiger partial charge on any atom is -0.481 e. The standard InChI is InChI=1S/C4H7IO2/c1-3(2-5)4(6)7/h3H,2H2,1H3,(H,6,7)/t3-/m0/s1. The van der Waals surface area contributed by atoms with E-state index >= 15 is 0 Å². The fourth-order valence-corrected chi connectivity index (χ4v) is 0.443. The second kappa shape index (κ2) is 3.23. The highest BCUT2D eigenvalue weighted by atomic mass is 127. The zero-order valence-corrected chi connectivity index (χ0v) is 6.18. The first-order valence-corrected chi connectivity index (χ1v) is 3.49. The molecule has 0 fully saturated rings. The fraction of sp³-hybridized carbons (Fsp3) is 0.750. The molecule has 0 rings (SSSR count). The van der Waals surface area contributed by atoms with Crippen molar-refractivity contribution in [2.45, 2.75) is 6.92 Å². The molecule has 0 aliphatic carbocycles. The average Bonchev–Trinajstić information content (AvgIpc) is 1.65. The molecule has 0 aromatic carbocycles. The van der Waals surface area contributed by atoms with Gasteiger partial charge in [0, 0.05) is 4.43 Å². The number of carboxylic acid groups (broad SMARTS) is 1. The van der Waals surface area contributed by atoms with Gasteiger partial charge in [0.05, 0.1) is 5.92 Å². The fourth-order valence-electron chi connectivity index (χ4n) is 0.0660. The van der Waals surface area contributed by atoms with Crippen molar-refractivity contribution in [3.63, 3.8) is 0 Å². The highest BCUT2D eigenvalue weighted by Gasteiger charge is 2.06. The molecule has 0 unspecified atom stereocenters. The highest BCUT2D eigenvalue weighted by molar-refractivity contribution is 14.1. The van der Waals surface area contributed by atoms with Crippen molar-refractivity contribution in [3.8, 4) is 0 Å². The van der Waals surface area contributed by atoms with Crippen LogP contribution in [0.3, 0.4) is 0 Å². The summed E-state index contributed by atoms with van der Waals surface area (Å²) in [7, 11) is 0. The predicted molar refractivity (Wildman–Crippen MR) is 35.7 cm³/mol. The molecule has 0 aromatic heterocycles. The Hall–Kier alpha value is 0.200. The lowest BCUT2D eigenvalue weighted by Crippen LogP contribution is -2.09. The van der Waals surface area contributed by atoms with Crippen molar-refractivity contribution < 1.29 is 9.90 Å². The molecule has 0 heterocycles. The van der Waals surface area contributed by atoms with Crippen LogP contribution in [0.25, 0.3) is 0 Å². The lowest BCUT2D eigenvalue weighted by molar-refractivity contribution is -0.140. The van der Waals surface area contributed by atoms with E-state index in [1.54, 1.807) is 6.92 Å². The lowest BCUT2D eigenvalue weighted by Gasteiger charge is -1.95. The van der Waals surface area contributed by atoms with Crippen molar-refractivity contribution in [1.29, 1.82) is 0 Å². The third-order valence-corrected chi connectivity index (χ3v) is 1.97. The SMILES string of the molecule is C[C@@H](CI)C(=O)O. The minimum absolute atomic E-state index is 0.194. The predicted octanol–water partition coefficient (Wildman–Crippen LogP) is 1.14. The van der Waals surface area contributed by atoms with Gasteiger partial charge in [-0.2, -0.15) is 0 Å². The van der Waals surface area contributed by atoms with Gasteiger partial charge in [0.15, 0.2) is 0 Å². The number of halogens is 1. The van der Waals surface area contributed by atoms with Crippen LogP contribution in [0.1, 0.15) is 6.92 Å². The maximum atomic E-state index is 9.93. The number of hydrogen-bond donors (Lipinski definition) is 1. The van der Waals surface area contributed by atoms with Gasteiger partial charge in [-0.1, -0.05) is 29.5 Å². The Labute approximate surface area is 56.1 Å². The zero-order valence-electron chi connectivity index (χ0n) is 4.02. The van der Waals surface area contributed by atoms with Gasteiger partial charge in [-0.05, 0) is 0 Å². The first-order valence-electron chi connectivity index (χ1n) is 1.97. The van der Waals surface area contributed by atoms with Crippen LogP contribution in [-0.4, -0.2) is 15.5 Å². The van der Waals surface area contributed by atoms with Crippen molar-refractivity contribution in [3.05, 3.63) is 0 Å². The van der Waals surface area contributed by atoms with Crippen LogP contribution in [0, 0.1) is 5.92 Å². The van der Waals surface area contributed by atoms with E-state index in [2.05, 4.69) is 0 Å². The van der Waals surface area contributed by atoms with E-state index in [0.717, 1.165) is 0 Å². The van der Waals surface area contributed by atoms with E-state index < -0.39 is 5.97 Å². The quantitative estimate of drug-likeness (QED) is 0.552. The number of alkyl halides is 1. The van der Waals surface area contributed by atoms with E-state index in [1.807, 2.05) is 22.6 Å². The molecule has 1 N–H and O–H groups in total. The molecule has 3 heteroatoms. The van der Waals surface area contributed by atoms with Crippen molar-refractivity contribution >= 4 is 28.6 Å². The smallest absolute Gasteiger partial charge is 0.306 e. The highest BCUT2D eigenvalue weighted by Crippen LogP contribution is 1.98. The van der Waals surface area contributed by atoms with Gasteiger partial charge in [0.2, 0.25) is 0 Å². The maximum absolute atomic E-state index is 9.93. The summed E-state index contributed by atoms with van der Waals surface area (Å²) < 4.78 is 0.688. The Kier molecular flexibility index (Phi) is 3.33. The number of aliphatic carboxylic acids is 1. The Morgan fingerprint density at radius 3 is 2.43 bits per heavy atom. The molecule has 7 heavy (non-hydrogen) atoms. The Balaban J connectivity index is 3.34. The molecule has 1 atom stereocenters. The number of carboxylic acids is 1. The van der Waals surface area contributed by atoms with E-state index in [1.165, 1.54) is 0 Å². The van der Waals surface area contributed by atoms with Gasteiger partial charge >= 0.3 is 5.97 Å². The minimum atomic E-state index is -0.714. The zero-order chi connectivity index (χ0) is 5.86. The summed E-state index contributed by atoms with van der Waals surface area (Å²) in [6, 6.07) is 0. The van der Waals surface area contributed by atoms with E-state index in [-0.39, 0.29) is 5.92 Å². The molecular formula is C4H7IO2. The van der Waals surface area contributed by atoms with E-state index in [0.29, 0.717) is 4.43 Å². The number of carbonyl (C=O) groups is 1. The molecule has 0 saturated heterocycles. The average molecular weight is 214 g/mol. The summed E-state index contributed by atoms with van der Waals surface area (Å²) in [5, 5.41) is 8.18. The second-order valence-corrected chi connectivity index (χ2v) is 2.27. The summed E-state index contributed by atoms with van der Waals surface area (Å²) in [4.78, 5) is 9.93. The molecule has 0 aliphatic heterocycles. The van der Waals surface area contributed by atoms with Crippen LogP contribution in [0.4, 0.5) is 0 Å². The van der Waals surface area contributed by atoms with Crippen LogP contribution in [0.5, 0.6) is 0 Å². The van der Waals surface area contributed by atoms with Crippen LogP contribution >= 0.6 is 22.6 Å². The van der Waals surface area contributed by atoms with Gasteiger partial charge in [-0.3, -0.25) is 4.79 Å². The molecule has 42 valence electrons. The van der Waals surface area contributed by atoms with Gasteiger partial charge in [0.1, 0.15) is 0 Å². The van der Waals surface area contributed by atoms with Gasteiger partial charge in [-0.15, -0.1) is 0 Å². The molecule has 0 aromatic rings. The number of hydrogen-bond acceptors (Lipinski definition) is 1. The molecule has 0 bridgehead atoms. The monoisotopic (exact) mass is 214 g/mol. The first-order chi connectivity index (χ1) is 3.18. The summed E-state index contributed by atoms with van der Waals surface area (Å²) >= 11 is 2.05. The van der Waals surface area contributed by atoms with Crippen molar-refractivity contribution in [1.82, 2.24) is 0 Å². The van der Waals surface area contributed by atoms with Gasteiger partial charge < -0.3 is 5.11 Å². The Morgan fingerprint density at radius 1 is 2.00 bits per heavy atom. The lowest BCUT2D eigenvalue weighted by atomic mass is 10.2. The second-order valence-electron chi connectivity index (χ2n) is 1.39. The van der Waals surface area contributed by atoms with Crippen LogP contribution in [0.15, 0.2) is 0 Å². The van der Waals surface area contributed by atoms with Crippen LogP contribution in [-0.2, 0) is 4.79 Å². The van der Waals surface area contributed by atoms with E-state index in [9.17, 15) is 4.79 Å². The van der Waals surface area contributed by atoms with Crippen molar-refractivity contribution in [2.24, 2.45) is 5.92 Å². The van der Waals surface area contributed by atoms with Gasteiger partial charge in [-0.25, -0.2) is 0 Å². The molecule has 0 spiro atoms. The van der Waals surface area contributed by atoms with Crippen molar-refractivity contribution in [2.75, 3.05) is 4.43 Å². The van der Waals surface area contributed by atoms with Crippen LogP contribution < -0.4 is 0 Å². The summed E-state index contributed by atoms with van der Waals surface area (Å²) in [6.07, 6.45) is 0. The van der Waals surface area contributed by atoms with Crippen LogP contribution in [0.2, 0.25) is 0 Å². The molecule has 2 nitrogen and oxygen atoms in total. The third-order valence-electron chi connectivity index (χ3n) is 0.653. The Morgan fingerprint density at radius 2 is 2.43 bits per heavy atom. The molecule has 0 aliphatic rings. The summed E-state index contributed by atoms with van der Waals surface area (Å²) in [5.74, 6) is -0.907. The van der Waals surface area contributed by atoms with Gasteiger partial charge in [0.25, 0.3) is 0 Å². The number of rotatable bonds is 2. The topological polar surface area (TPSA) is 37.3 Å². The summed E-state index contributed by atoms with van der Waals surface area (Å²) in [6.45, 7) is 1.69. The Bertz CT molecular complexity index is 72.1. The summed E-state index contributed by atoms with van der Waals surface area (Å²) in [5.41, 5.74) is 0. The largest absolute Gasteiger partial charge is 0.481 e. The normalized spacial score (nSPS) is 13.4. The molecular weight excluding hydrogens is 207 g/mol. The molecule has 0 saturated carbocycles.